The van der Waals surface area contributed by atoms with Crippen molar-refractivity contribution in [3.63, 3.8) is 0 Å². The van der Waals surface area contributed by atoms with Crippen molar-refractivity contribution in [1.29, 1.82) is 0 Å². The van der Waals surface area contributed by atoms with Crippen LogP contribution in [0.25, 0.3) is 10.8 Å². The van der Waals surface area contributed by atoms with E-state index in [1.165, 1.54) is 6.07 Å². The smallest absolute Gasteiger partial charge is 0.156 e. The van der Waals surface area contributed by atoms with Gasteiger partial charge in [0.15, 0.2) is 9.52 Å². The minimum Gasteiger partial charge on any atom is -0.508 e. The van der Waals surface area contributed by atoms with E-state index in [2.05, 4.69) is 53.0 Å². The third kappa shape index (κ3) is 3.69. The summed E-state index contributed by atoms with van der Waals surface area (Å²) in [6.07, 6.45) is 0. The summed E-state index contributed by atoms with van der Waals surface area (Å²) in [5, 5.41) is 21.6. The number of phenols is 2. The number of hydrogen-bond donors (Lipinski definition) is 2. The molecular weight excluding hydrogens is 324 g/mol. The van der Waals surface area contributed by atoms with Crippen molar-refractivity contribution >= 4 is 20.3 Å². The fourth-order valence-electron chi connectivity index (χ4n) is 4.13. The molecule has 0 amide bonds. The molecule has 0 saturated heterocycles. The Morgan fingerprint density at radius 3 is 2.08 bits per heavy atom. The van der Waals surface area contributed by atoms with Gasteiger partial charge in [0.05, 0.1) is 0 Å². The number of fused-ring (bicyclic) bond motifs is 1. The van der Waals surface area contributed by atoms with Crippen LogP contribution in [0.3, 0.4) is 0 Å². The Bertz CT molecular complexity index is 788. The van der Waals surface area contributed by atoms with Gasteiger partial charge in [0.25, 0.3) is 0 Å². The molecule has 0 saturated carbocycles. The standard InChI is InChI=1S/C22H28O2Si/c1-14(2)22(15(3)4,16(5)6)25-11-10-17-8-7-9-18-12-19(23)13-20(24)21(17)18/h7-9,12-16,23-24H,1-6H3. The van der Waals surface area contributed by atoms with Crippen LogP contribution < -0.4 is 0 Å². The average molecular weight is 353 g/mol. The largest absolute Gasteiger partial charge is 0.508 e. The van der Waals surface area contributed by atoms with Crippen LogP contribution >= 0.6 is 0 Å². The maximum Gasteiger partial charge on any atom is 0.156 e. The van der Waals surface area contributed by atoms with E-state index in [9.17, 15) is 10.2 Å². The van der Waals surface area contributed by atoms with Gasteiger partial charge in [-0.15, -0.1) is 5.54 Å². The van der Waals surface area contributed by atoms with Gasteiger partial charge in [-0.1, -0.05) is 59.6 Å². The first kappa shape index (κ1) is 19.4. The van der Waals surface area contributed by atoms with E-state index in [1.807, 2.05) is 18.2 Å². The Labute approximate surface area is 154 Å². The van der Waals surface area contributed by atoms with Crippen molar-refractivity contribution in [2.75, 3.05) is 0 Å². The lowest BCUT2D eigenvalue weighted by molar-refractivity contribution is 0.233. The summed E-state index contributed by atoms with van der Waals surface area (Å²) < 4.78 is 0. The van der Waals surface area contributed by atoms with Crippen molar-refractivity contribution in [2.24, 2.45) is 17.8 Å². The predicted octanol–water partition coefficient (Wildman–Crippen LogP) is 5.39. The van der Waals surface area contributed by atoms with E-state index >= 15 is 0 Å². The molecule has 0 aliphatic heterocycles. The van der Waals surface area contributed by atoms with Gasteiger partial charge >= 0.3 is 0 Å². The molecule has 2 N–H and O–H groups in total. The number of benzene rings is 2. The summed E-state index contributed by atoms with van der Waals surface area (Å²) in [6.45, 7) is 13.8. The topological polar surface area (TPSA) is 40.5 Å². The quantitative estimate of drug-likeness (QED) is 0.572. The fourth-order valence-corrected chi connectivity index (χ4v) is 5.41. The minimum absolute atomic E-state index is 0.0652. The molecule has 3 heteroatoms. The molecule has 2 aromatic rings. The van der Waals surface area contributed by atoms with Crippen molar-refractivity contribution in [3.05, 3.63) is 35.9 Å². The van der Waals surface area contributed by atoms with Gasteiger partial charge in [0.1, 0.15) is 11.5 Å². The van der Waals surface area contributed by atoms with Crippen LogP contribution in [0.2, 0.25) is 5.04 Å². The Hall–Kier alpha value is -1.92. The van der Waals surface area contributed by atoms with E-state index in [4.69, 9.17) is 0 Å². The number of hydrogen-bond acceptors (Lipinski definition) is 2. The Kier molecular flexibility index (Phi) is 5.85. The van der Waals surface area contributed by atoms with Gasteiger partial charge in [-0.05, 0) is 40.3 Å². The zero-order valence-electron chi connectivity index (χ0n) is 16.0. The van der Waals surface area contributed by atoms with Crippen molar-refractivity contribution in [3.8, 4) is 23.0 Å². The lowest BCUT2D eigenvalue weighted by atomic mass is 9.76. The van der Waals surface area contributed by atoms with Crippen LogP contribution in [0.5, 0.6) is 11.5 Å². The van der Waals surface area contributed by atoms with E-state index in [0.29, 0.717) is 32.7 Å². The first-order chi connectivity index (χ1) is 11.7. The van der Waals surface area contributed by atoms with Crippen molar-refractivity contribution in [2.45, 2.75) is 46.6 Å². The lowest BCUT2D eigenvalue weighted by Crippen LogP contribution is -2.36. The molecule has 0 heterocycles. The van der Waals surface area contributed by atoms with Crippen LogP contribution in [0.4, 0.5) is 0 Å². The maximum absolute atomic E-state index is 10.2. The summed E-state index contributed by atoms with van der Waals surface area (Å²) in [4.78, 5) is 0. The average Bonchev–Trinajstić information content (AvgIpc) is 2.49. The highest BCUT2D eigenvalue weighted by Crippen LogP contribution is 2.49. The Morgan fingerprint density at radius 1 is 0.920 bits per heavy atom. The second-order valence-electron chi connectivity index (χ2n) is 7.64. The molecule has 0 atom stereocenters. The second-order valence-corrected chi connectivity index (χ2v) is 9.01. The summed E-state index contributed by atoms with van der Waals surface area (Å²) in [5.41, 5.74) is 4.24. The third-order valence-corrected chi connectivity index (χ3v) is 7.70. The van der Waals surface area contributed by atoms with Crippen LogP contribution in [-0.4, -0.2) is 19.7 Å². The van der Waals surface area contributed by atoms with Gasteiger partial charge < -0.3 is 10.2 Å². The van der Waals surface area contributed by atoms with Gasteiger partial charge in [-0.2, -0.15) is 0 Å². The molecule has 25 heavy (non-hydrogen) atoms. The SMILES string of the molecule is CC(C)C([Si]C#Cc1cccc2cc(O)cc(O)c12)(C(C)C)C(C)C. The molecule has 2 aromatic carbocycles. The molecular formula is C22H28O2Si. The number of aromatic hydroxyl groups is 2. The van der Waals surface area contributed by atoms with Crippen LogP contribution in [-0.2, 0) is 0 Å². The third-order valence-electron chi connectivity index (χ3n) is 5.28. The van der Waals surface area contributed by atoms with E-state index in [-0.39, 0.29) is 16.5 Å². The summed E-state index contributed by atoms with van der Waals surface area (Å²) in [7, 11) is 0.534. The van der Waals surface area contributed by atoms with Gasteiger partial charge in [0.2, 0.25) is 0 Å². The lowest BCUT2D eigenvalue weighted by Gasteiger charge is -2.43. The maximum atomic E-state index is 10.2. The summed E-state index contributed by atoms with van der Waals surface area (Å²) >= 11 is 0. The second kappa shape index (κ2) is 7.54. The predicted molar refractivity (Wildman–Crippen MR) is 107 cm³/mol. The first-order valence-corrected chi connectivity index (χ1v) is 9.93. The van der Waals surface area contributed by atoms with Crippen molar-refractivity contribution < 1.29 is 10.2 Å². The molecule has 0 spiro atoms. The van der Waals surface area contributed by atoms with E-state index in [0.717, 1.165) is 10.9 Å². The van der Waals surface area contributed by atoms with Crippen LogP contribution in [0, 0.1) is 29.2 Å². The van der Waals surface area contributed by atoms with E-state index < -0.39 is 0 Å². The molecule has 0 aliphatic carbocycles. The molecule has 132 valence electrons. The Morgan fingerprint density at radius 2 is 1.52 bits per heavy atom. The molecule has 2 radical (unpaired) electrons. The number of rotatable bonds is 4. The number of phenolic OH excluding ortho intramolecular Hbond substituents is 2. The minimum atomic E-state index is 0.0652. The van der Waals surface area contributed by atoms with Crippen LogP contribution in [0.15, 0.2) is 30.3 Å². The van der Waals surface area contributed by atoms with Gasteiger partial charge in [-0.3, -0.25) is 0 Å². The Balaban J connectivity index is 2.46. The highest BCUT2D eigenvalue weighted by molar-refractivity contribution is 6.50. The normalized spacial score (nSPS) is 12.0. The molecule has 0 bridgehead atoms. The molecule has 0 unspecified atom stereocenters. The van der Waals surface area contributed by atoms with Gasteiger partial charge in [-0.25, -0.2) is 0 Å². The zero-order valence-corrected chi connectivity index (χ0v) is 17.0. The first-order valence-electron chi connectivity index (χ1n) is 8.93. The molecule has 0 aliphatic rings. The summed E-state index contributed by atoms with van der Waals surface area (Å²) in [5.74, 6) is 5.09. The van der Waals surface area contributed by atoms with Crippen molar-refractivity contribution in [1.82, 2.24) is 0 Å². The molecule has 0 fully saturated rings. The highest BCUT2D eigenvalue weighted by Gasteiger charge is 2.40. The fraction of sp³-hybridized carbons (Fsp3) is 0.455. The molecule has 2 nitrogen and oxygen atoms in total. The van der Waals surface area contributed by atoms with Gasteiger partial charge in [0, 0.05) is 17.0 Å². The highest BCUT2D eigenvalue weighted by atomic mass is 28.2. The molecule has 2 rings (SSSR count). The monoisotopic (exact) mass is 352 g/mol. The van der Waals surface area contributed by atoms with E-state index in [1.54, 1.807) is 6.07 Å². The molecule has 0 aromatic heterocycles. The zero-order chi connectivity index (χ0) is 18.8. The summed E-state index contributed by atoms with van der Waals surface area (Å²) in [6, 6.07) is 8.75. The van der Waals surface area contributed by atoms with Crippen LogP contribution in [0.1, 0.15) is 47.1 Å².